The fraction of sp³-hybridized carbons (Fsp3) is 0.360. The van der Waals surface area contributed by atoms with E-state index in [0.29, 0.717) is 5.16 Å². The smallest absolute Gasteiger partial charge is 0.243 e. The van der Waals surface area contributed by atoms with E-state index in [1.165, 1.54) is 16.7 Å². The Morgan fingerprint density at radius 1 is 0.939 bits per heavy atom. The maximum Gasteiger partial charge on any atom is 0.243 e. The van der Waals surface area contributed by atoms with Gasteiger partial charge in [-0.3, -0.25) is 14.2 Å². The lowest BCUT2D eigenvalue weighted by Gasteiger charge is -2.18. The van der Waals surface area contributed by atoms with Gasteiger partial charge in [-0.25, -0.2) is 0 Å². The van der Waals surface area contributed by atoms with Crippen molar-refractivity contribution in [1.82, 2.24) is 19.7 Å². The van der Waals surface area contributed by atoms with Crippen LogP contribution >= 0.6 is 11.8 Å². The van der Waals surface area contributed by atoms with Crippen molar-refractivity contribution < 1.29 is 9.59 Å². The van der Waals surface area contributed by atoms with Crippen molar-refractivity contribution in [2.45, 2.75) is 46.7 Å². The average Bonchev–Trinajstić information content (AvgIpc) is 3.10. The van der Waals surface area contributed by atoms with Crippen molar-refractivity contribution in [3.05, 3.63) is 64.0 Å². The van der Waals surface area contributed by atoms with E-state index in [2.05, 4.69) is 33.7 Å². The first-order chi connectivity index (χ1) is 15.6. The van der Waals surface area contributed by atoms with Gasteiger partial charge in [0.05, 0.1) is 18.0 Å². The van der Waals surface area contributed by atoms with Gasteiger partial charge in [-0.05, 0) is 69.9 Å². The minimum Gasteiger partial charge on any atom is -0.336 e. The molecule has 1 N–H and O–H groups in total. The summed E-state index contributed by atoms with van der Waals surface area (Å²) in [5.41, 5.74) is 7.21. The molecule has 0 unspecified atom stereocenters. The SMILES string of the molecule is Cc1cc(C)c(NC(=O)CN(C)C(=O)CSc2nnc(C)n2-c2cc(C)ccc2C)c(C)c1. The number of carbonyl (C=O) groups excluding carboxylic acids is 2. The molecule has 0 aliphatic heterocycles. The summed E-state index contributed by atoms with van der Waals surface area (Å²) in [7, 11) is 1.64. The molecular formula is C25H31N5O2S. The van der Waals surface area contributed by atoms with Crippen molar-refractivity contribution in [3.8, 4) is 5.69 Å². The number of hydrogen-bond donors (Lipinski definition) is 1. The highest BCUT2D eigenvalue weighted by molar-refractivity contribution is 7.99. The first kappa shape index (κ1) is 24.5. The molecular weight excluding hydrogens is 434 g/mol. The predicted molar refractivity (Wildman–Crippen MR) is 133 cm³/mol. The lowest BCUT2D eigenvalue weighted by atomic mass is 10.1. The summed E-state index contributed by atoms with van der Waals surface area (Å²) in [4.78, 5) is 26.7. The summed E-state index contributed by atoms with van der Waals surface area (Å²) in [6.45, 7) is 11.9. The summed E-state index contributed by atoms with van der Waals surface area (Å²) in [6, 6.07) is 10.3. The van der Waals surface area contributed by atoms with Crippen LogP contribution < -0.4 is 5.32 Å². The van der Waals surface area contributed by atoms with Gasteiger partial charge in [0.15, 0.2) is 5.16 Å². The molecule has 8 heteroatoms. The van der Waals surface area contributed by atoms with E-state index >= 15 is 0 Å². The minimum absolute atomic E-state index is 0.0190. The van der Waals surface area contributed by atoms with Crippen LogP contribution in [0.3, 0.4) is 0 Å². The quantitative estimate of drug-likeness (QED) is 0.526. The lowest BCUT2D eigenvalue weighted by Crippen LogP contribution is -2.36. The molecule has 3 rings (SSSR count). The van der Waals surface area contributed by atoms with Gasteiger partial charge in [0, 0.05) is 12.7 Å². The van der Waals surface area contributed by atoms with Gasteiger partial charge in [0.1, 0.15) is 5.82 Å². The fourth-order valence-corrected chi connectivity index (χ4v) is 4.70. The summed E-state index contributed by atoms with van der Waals surface area (Å²) in [5, 5.41) is 12.1. The average molecular weight is 466 g/mol. The summed E-state index contributed by atoms with van der Waals surface area (Å²) < 4.78 is 1.97. The van der Waals surface area contributed by atoms with E-state index in [9.17, 15) is 9.59 Å². The topological polar surface area (TPSA) is 80.1 Å². The number of carbonyl (C=O) groups is 2. The highest BCUT2D eigenvalue weighted by Crippen LogP contribution is 2.25. The number of thioether (sulfide) groups is 1. The molecule has 7 nitrogen and oxygen atoms in total. The number of hydrogen-bond acceptors (Lipinski definition) is 5. The van der Waals surface area contributed by atoms with Gasteiger partial charge >= 0.3 is 0 Å². The van der Waals surface area contributed by atoms with Crippen molar-refractivity contribution in [2.75, 3.05) is 24.7 Å². The molecule has 0 atom stereocenters. The zero-order chi connectivity index (χ0) is 24.3. The number of benzene rings is 2. The monoisotopic (exact) mass is 465 g/mol. The third-order valence-corrected chi connectivity index (χ3v) is 6.39. The van der Waals surface area contributed by atoms with Crippen LogP contribution in [0.25, 0.3) is 5.69 Å². The zero-order valence-electron chi connectivity index (χ0n) is 20.3. The molecule has 0 saturated heterocycles. The van der Waals surface area contributed by atoms with E-state index in [4.69, 9.17) is 0 Å². The van der Waals surface area contributed by atoms with E-state index in [1.807, 2.05) is 58.2 Å². The molecule has 33 heavy (non-hydrogen) atoms. The van der Waals surface area contributed by atoms with Crippen LogP contribution in [0.2, 0.25) is 0 Å². The summed E-state index contributed by atoms with van der Waals surface area (Å²) >= 11 is 1.32. The summed E-state index contributed by atoms with van der Waals surface area (Å²) in [5.74, 6) is 0.547. The van der Waals surface area contributed by atoms with Crippen LogP contribution in [0.1, 0.15) is 33.6 Å². The summed E-state index contributed by atoms with van der Waals surface area (Å²) in [6.07, 6.45) is 0. The number of amides is 2. The molecule has 1 aromatic heterocycles. The van der Waals surface area contributed by atoms with Crippen molar-refractivity contribution in [1.29, 1.82) is 0 Å². The highest BCUT2D eigenvalue weighted by atomic mass is 32.2. The Morgan fingerprint density at radius 2 is 1.61 bits per heavy atom. The van der Waals surface area contributed by atoms with Crippen molar-refractivity contribution in [2.24, 2.45) is 0 Å². The number of likely N-dealkylation sites (N-methyl/N-ethyl adjacent to an activating group) is 1. The molecule has 0 aliphatic carbocycles. The third kappa shape index (κ3) is 5.82. The molecule has 2 amide bonds. The van der Waals surface area contributed by atoms with Gasteiger partial charge in [-0.1, -0.05) is 41.6 Å². The Bertz CT molecular complexity index is 1180. The van der Waals surface area contributed by atoms with Crippen LogP contribution in [0.5, 0.6) is 0 Å². The Kier molecular flexibility index (Phi) is 7.58. The first-order valence-corrected chi connectivity index (χ1v) is 11.8. The Hall–Kier alpha value is -3.13. The maximum absolute atomic E-state index is 12.7. The fourth-order valence-electron chi connectivity index (χ4n) is 3.77. The van der Waals surface area contributed by atoms with Crippen LogP contribution in [0.4, 0.5) is 5.69 Å². The standard InChI is InChI=1S/C25H31N5O2S/c1-15-8-9-17(3)21(12-15)30-20(6)27-28-25(30)33-14-23(32)29(7)13-22(31)26-24-18(4)10-16(2)11-19(24)5/h8-12H,13-14H2,1-7H3,(H,26,31). The molecule has 0 saturated carbocycles. The maximum atomic E-state index is 12.7. The third-order valence-electron chi connectivity index (χ3n) is 5.47. The number of nitrogens with zero attached hydrogens (tertiary/aromatic N) is 4. The lowest BCUT2D eigenvalue weighted by molar-refractivity contribution is -0.131. The largest absolute Gasteiger partial charge is 0.336 e. The minimum atomic E-state index is -0.222. The van der Waals surface area contributed by atoms with Crippen LogP contribution in [-0.4, -0.2) is 50.8 Å². The van der Waals surface area contributed by atoms with Crippen LogP contribution in [-0.2, 0) is 9.59 Å². The van der Waals surface area contributed by atoms with E-state index < -0.39 is 0 Å². The highest BCUT2D eigenvalue weighted by Gasteiger charge is 2.18. The molecule has 0 spiro atoms. The van der Waals surface area contributed by atoms with E-state index in [1.54, 1.807) is 7.05 Å². The van der Waals surface area contributed by atoms with Gasteiger partial charge in [-0.15, -0.1) is 10.2 Å². The normalized spacial score (nSPS) is 10.9. The zero-order valence-corrected chi connectivity index (χ0v) is 21.1. The molecule has 2 aromatic carbocycles. The molecule has 174 valence electrons. The van der Waals surface area contributed by atoms with Crippen LogP contribution in [0, 0.1) is 41.5 Å². The Balaban J connectivity index is 1.64. The van der Waals surface area contributed by atoms with Crippen LogP contribution in [0.15, 0.2) is 35.5 Å². The van der Waals surface area contributed by atoms with E-state index in [-0.39, 0.29) is 24.1 Å². The molecule has 0 fully saturated rings. The number of aromatic nitrogens is 3. The number of rotatable bonds is 7. The second-order valence-electron chi connectivity index (χ2n) is 8.52. The number of anilines is 1. The molecule has 3 aromatic rings. The van der Waals surface area contributed by atoms with Gasteiger partial charge in [-0.2, -0.15) is 0 Å². The molecule has 0 aliphatic rings. The van der Waals surface area contributed by atoms with Crippen molar-refractivity contribution >= 4 is 29.3 Å². The number of nitrogens with one attached hydrogen (secondary N) is 1. The van der Waals surface area contributed by atoms with E-state index in [0.717, 1.165) is 45.0 Å². The van der Waals surface area contributed by atoms with Gasteiger partial charge < -0.3 is 10.2 Å². The molecule has 0 radical (unpaired) electrons. The second-order valence-corrected chi connectivity index (χ2v) is 9.46. The molecule has 1 heterocycles. The van der Waals surface area contributed by atoms with Crippen molar-refractivity contribution in [3.63, 3.8) is 0 Å². The Labute approximate surface area is 199 Å². The molecule has 0 bridgehead atoms. The Morgan fingerprint density at radius 3 is 2.27 bits per heavy atom. The second kappa shape index (κ2) is 10.2. The van der Waals surface area contributed by atoms with Gasteiger partial charge in [0.25, 0.3) is 0 Å². The number of aryl methyl sites for hydroxylation is 6. The predicted octanol–water partition coefficient (Wildman–Crippen LogP) is 4.31. The first-order valence-electron chi connectivity index (χ1n) is 10.8. The van der Waals surface area contributed by atoms with Gasteiger partial charge in [0.2, 0.25) is 11.8 Å².